The van der Waals surface area contributed by atoms with Crippen LogP contribution in [0, 0.1) is 13.8 Å². The van der Waals surface area contributed by atoms with Gasteiger partial charge in [0.25, 0.3) is 0 Å². The van der Waals surface area contributed by atoms with Crippen molar-refractivity contribution in [3.8, 4) is 0 Å². The zero-order valence-electron chi connectivity index (χ0n) is 10.7. The van der Waals surface area contributed by atoms with E-state index in [4.69, 9.17) is 4.42 Å². The average Bonchev–Trinajstić information content (AvgIpc) is 2.72. The Balaban J connectivity index is 2.61. The van der Waals surface area contributed by atoms with Crippen molar-refractivity contribution in [1.29, 1.82) is 0 Å². The fourth-order valence-corrected chi connectivity index (χ4v) is 2.55. The number of rotatable bonds is 3. The van der Waals surface area contributed by atoms with Gasteiger partial charge in [-0.05, 0) is 50.6 Å². The molecule has 2 aromatic rings. The summed E-state index contributed by atoms with van der Waals surface area (Å²) in [4.78, 5) is 0. The third-order valence-corrected chi connectivity index (χ3v) is 4.53. The standard InChI is InChI=1S/C14H18BrNO/c1-5-11(16-4)13-7-10-9(3)14(15)8(2)6-12(10)17-13/h6-7,11,16H,5H2,1-4H3. The summed E-state index contributed by atoms with van der Waals surface area (Å²) in [6.45, 7) is 6.37. The van der Waals surface area contributed by atoms with Crippen LogP contribution in [0.1, 0.15) is 36.3 Å². The fourth-order valence-electron chi connectivity index (χ4n) is 2.22. The van der Waals surface area contributed by atoms with Crippen molar-refractivity contribution in [3.05, 3.63) is 33.5 Å². The normalized spacial score (nSPS) is 13.2. The molecule has 17 heavy (non-hydrogen) atoms. The number of hydrogen-bond acceptors (Lipinski definition) is 2. The van der Waals surface area contributed by atoms with E-state index in [1.165, 1.54) is 21.0 Å². The highest BCUT2D eigenvalue weighted by molar-refractivity contribution is 9.10. The first-order chi connectivity index (χ1) is 8.08. The van der Waals surface area contributed by atoms with Crippen LogP contribution in [-0.4, -0.2) is 7.05 Å². The van der Waals surface area contributed by atoms with Gasteiger partial charge in [0.15, 0.2) is 0 Å². The van der Waals surface area contributed by atoms with Gasteiger partial charge in [-0.1, -0.05) is 22.9 Å². The Bertz CT molecular complexity index is 541. The molecule has 0 radical (unpaired) electrons. The van der Waals surface area contributed by atoms with Crippen molar-refractivity contribution < 1.29 is 4.42 Å². The van der Waals surface area contributed by atoms with Crippen LogP contribution in [0.4, 0.5) is 0 Å². The van der Waals surface area contributed by atoms with Crippen LogP contribution in [0.3, 0.4) is 0 Å². The highest BCUT2D eigenvalue weighted by atomic mass is 79.9. The van der Waals surface area contributed by atoms with Crippen LogP contribution < -0.4 is 5.32 Å². The molecule has 0 saturated carbocycles. The van der Waals surface area contributed by atoms with E-state index in [1.54, 1.807) is 0 Å². The predicted molar refractivity (Wildman–Crippen MR) is 75.5 cm³/mol. The lowest BCUT2D eigenvalue weighted by Gasteiger charge is -2.09. The molecule has 0 spiro atoms. The SMILES string of the molecule is CCC(NC)c1cc2c(C)c(Br)c(C)cc2o1. The van der Waals surface area contributed by atoms with Crippen LogP contribution in [-0.2, 0) is 0 Å². The van der Waals surface area contributed by atoms with E-state index in [9.17, 15) is 0 Å². The highest BCUT2D eigenvalue weighted by Gasteiger charge is 2.15. The predicted octanol–water partition coefficient (Wildman–Crippen LogP) is 4.48. The monoisotopic (exact) mass is 295 g/mol. The smallest absolute Gasteiger partial charge is 0.134 e. The van der Waals surface area contributed by atoms with Gasteiger partial charge in [0.05, 0.1) is 6.04 Å². The lowest BCUT2D eigenvalue weighted by Crippen LogP contribution is -2.14. The van der Waals surface area contributed by atoms with Crippen molar-refractivity contribution in [2.24, 2.45) is 0 Å². The molecule has 0 aliphatic carbocycles. The fraction of sp³-hybridized carbons (Fsp3) is 0.429. The number of nitrogens with one attached hydrogen (secondary N) is 1. The van der Waals surface area contributed by atoms with E-state index in [0.29, 0.717) is 6.04 Å². The molecule has 1 N–H and O–H groups in total. The van der Waals surface area contributed by atoms with E-state index in [2.05, 4.69) is 54.2 Å². The third-order valence-electron chi connectivity index (χ3n) is 3.31. The number of hydrogen-bond donors (Lipinski definition) is 1. The third kappa shape index (κ3) is 2.14. The van der Waals surface area contributed by atoms with Crippen LogP contribution >= 0.6 is 15.9 Å². The first kappa shape index (κ1) is 12.7. The molecule has 1 unspecified atom stereocenters. The minimum atomic E-state index is 0.292. The molecule has 1 heterocycles. The Kier molecular flexibility index (Phi) is 3.59. The maximum Gasteiger partial charge on any atom is 0.134 e. The molecular formula is C14H18BrNO. The first-order valence-corrected chi connectivity index (χ1v) is 6.74. The molecule has 0 aliphatic rings. The Labute approximate surface area is 111 Å². The van der Waals surface area contributed by atoms with E-state index in [-0.39, 0.29) is 0 Å². The Morgan fingerprint density at radius 1 is 1.35 bits per heavy atom. The lowest BCUT2D eigenvalue weighted by atomic mass is 10.1. The zero-order chi connectivity index (χ0) is 12.6. The summed E-state index contributed by atoms with van der Waals surface area (Å²) in [5, 5.41) is 4.47. The van der Waals surface area contributed by atoms with Gasteiger partial charge in [-0.2, -0.15) is 0 Å². The van der Waals surface area contributed by atoms with Gasteiger partial charge in [0, 0.05) is 9.86 Å². The number of aryl methyl sites for hydroxylation is 2. The summed E-state index contributed by atoms with van der Waals surface area (Å²) in [5.41, 5.74) is 3.45. The van der Waals surface area contributed by atoms with Crippen LogP contribution in [0.2, 0.25) is 0 Å². The van der Waals surface area contributed by atoms with E-state index in [0.717, 1.165) is 17.8 Å². The molecule has 0 amide bonds. The molecule has 0 fully saturated rings. The Hall–Kier alpha value is -0.800. The molecule has 1 aromatic carbocycles. The second-order valence-corrected chi connectivity index (χ2v) is 5.24. The van der Waals surface area contributed by atoms with Crippen molar-refractivity contribution in [2.45, 2.75) is 33.2 Å². The second kappa shape index (κ2) is 4.83. The number of furan rings is 1. The van der Waals surface area contributed by atoms with Gasteiger partial charge >= 0.3 is 0 Å². The van der Waals surface area contributed by atoms with E-state index >= 15 is 0 Å². The number of benzene rings is 1. The average molecular weight is 296 g/mol. The molecule has 1 atom stereocenters. The van der Waals surface area contributed by atoms with E-state index in [1.807, 2.05) is 7.05 Å². The van der Waals surface area contributed by atoms with Crippen LogP contribution in [0.5, 0.6) is 0 Å². The van der Waals surface area contributed by atoms with Crippen molar-refractivity contribution in [2.75, 3.05) is 7.05 Å². The summed E-state index contributed by atoms with van der Waals surface area (Å²) in [7, 11) is 1.97. The second-order valence-electron chi connectivity index (χ2n) is 4.44. The van der Waals surface area contributed by atoms with E-state index < -0.39 is 0 Å². The highest BCUT2D eigenvalue weighted by Crippen LogP contribution is 2.33. The molecule has 0 saturated heterocycles. The van der Waals surface area contributed by atoms with Crippen molar-refractivity contribution in [1.82, 2.24) is 5.32 Å². The molecule has 2 rings (SSSR count). The maximum atomic E-state index is 5.95. The van der Waals surface area contributed by atoms with Gasteiger partial charge in [0.1, 0.15) is 11.3 Å². The number of fused-ring (bicyclic) bond motifs is 1. The van der Waals surface area contributed by atoms with Gasteiger partial charge in [0.2, 0.25) is 0 Å². The maximum absolute atomic E-state index is 5.95. The first-order valence-electron chi connectivity index (χ1n) is 5.94. The molecule has 0 aliphatic heterocycles. The molecule has 1 aromatic heterocycles. The van der Waals surface area contributed by atoms with Gasteiger partial charge < -0.3 is 9.73 Å². The van der Waals surface area contributed by atoms with Crippen molar-refractivity contribution >= 4 is 26.9 Å². The minimum Gasteiger partial charge on any atom is -0.459 e. The summed E-state index contributed by atoms with van der Waals surface area (Å²) in [6.07, 6.45) is 1.02. The van der Waals surface area contributed by atoms with Crippen LogP contribution in [0.15, 0.2) is 21.0 Å². The summed E-state index contributed by atoms with van der Waals surface area (Å²) >= 11 is 3.62. The zero-order valence-corrected chi connectivity index (χ0v) is 12.3. The van der Waals surface area contributed by atoms with Crippen molar-refractivity contribution in [3.63, 3.8) is 0 Å². The topological polar surface area (TPSA) is 25.2 Å². The Morgan fingerprint density at radius 2 is 2.06 bits per heavy atom. The minimum absolute atomic E-state index is 0.292. The number of halogens is 1. The molecular weight excluding hydrogens is 278 g/mol. The molecule has 3 heteroatoms. The summed E-state index contributed by atoms with van der Waals surface area (Å²) < 4.78 is 7.12. The Morgan fingerprint density at radius 3 is 2.65 bits per heavy atom. The lowest BCUT2D eigenvalue weighted by molar-refractivity contribution is 0.444. The molecule has 92 valence electrons. The van der Waals surface area contributed by atoms with Gasteiger partial charge in [-0.3, -0.25) is 0 Å². The van der Waals surface area contributed by atoms with Gasteiger partial charge in [-0.15, -0.1) is 0 Å². The largest absolute Gasteiger partial charge is 0.459 e. The van der Waals surface area contributed by atoms with Crippen LogP contribution in [0.25, 0.3) is 11.0 Å². The summed E-state index contributed by atoms with van der Waals surface area (Å²) in [6, 6.07) is 4.54. The quantitative estimate of drug-likeness (QED) is 0.903. The summed E-state index contributed by atoms with van der Waals surface area (Å²) in [5.74, 6) is 1.02. The van der Waals surface area contributed by atoms with Gasteiger partial charge in [-0.25, -0.2) is 0 Å². The molecule has 0 bridgehead atoms. The molecule has 2 nitrogen and oxygen atoms in total.